The number of fused-ring (bicyclic) bond motifs is 2. The molecule has 0 aliphatic heterocycles. The van der Waals surface area contributed by atoms with Gasteiger partial charge in [0, 0.05) is 11.1 Å². The van der Waals surface area contributed by atoms with Crippen molar-refractivity contribution in [2.24, 2.45) is 0 Å². The van der Waals surface area contributed by atoms with Crippen molar-refractivity contribution in [1.82, 2.24) is 0 Å². The van der Waals surface area contributed by atoms with Crippen molar-refractivity contribution in [1.29, 1.82) is 0 Å². The number of carbonyl (C=O) groups is 2. The number of hydrogen-bond acceptors (Lipinski definition) is 5. The van der Waals surface area contributed by atoms with Crippen LogP contribution in [0.1, 0.15) is 37.4 Å². The third-order valence-electron chi connectivity index (χ3n) is 3.64. The van der Waals surface area contributed by atoms with E-state index in [1.165, 1.54) is 31.4 Å². The van der Waals surface area contributed by atoms with Gasteiger partial charge in [0.2, 0.25) is 5.78 Å². The number of ether oxygens (including phenoxy) is 1. The molecular weight excluding hydrogens is 272 g/mol. The molecule has 2 aromatic carbocycles. The van der Waals surface area contributed by atoms with E-state index in [0.29, 0.717) is 5.56 Å². The van der Waals surface area contributed by atoms with Gasteiger partial charge in [0.25, 0.3) is 0 Å². The highest BCUT2D eigenvalue weighted by Gasteiger charge is 2.36. The summed E-state index contributed by atoms with van der Waals surface area (Å²) in [5, 5.41) is 19.9. The Hall–Kier alpha value is -2.82. The van der Waals surface area contributed by atoms with Gasteiger partial charge in [0.05, 0.1) is 18.2 Å². The van der Waals surface area contributed by atoms with Crippen LogP contribution in [0.25, 0.3) is 0 Å². The molecule has 0 spiro atoms. The summed E-state index contributed by atoms with van der Waals surface area (Å²) in [4.78, 5) is 25.2. The molecule has 0 radical (unpaired) electrons. The number of aromatic hydroxyl groups is 2. The van der Waals surface area contributed by atoms with E-state index in [1.807, 2.05) is 0 Å². The average molecular weight is 284 g/mol. The molecule has 0 saturated carbocycles. The maximum atomic E-state index is 12.6. The molecule has 106 valence electrons. The minimum atomic E-state index is -0.537. The Bertz CT molecular complexity index is 805. The Labute approximate surface area is 120 Å². The maximum absolute atomic E-state index is 12.6. The topological polar surface area (TPSA) is 83.8 Å². The predicted molar refractivity (Wildman–Crippen MR) is 74.4 cm³/mol. The molecule has 3 rings (SSSR count). The average Bonchev–Trinajstić information content (AvgIpc) is 2.46. The summed E-state index contributed by atoms with van der Waals surface area (Å²) in [6.07, 6.45) is 0. The van der Waals surface area contributed by atoms with Gasteiger partial charge in [-0.3, -0.25) is 9.59 Å². The zero-order valence-electron chi connectivity index (χ0n) is 11.4. The third kappa shape index (κ3) is 1.64. The lowest BCUT2D eigenvalue weighted by Crippen LogP contribution is -2.22. The number of methoxy groups -OCH3 is 1. The van der Waals surface area contributed by atoms with Crippen molar-refractivity contribution in [3.63, 3.8) is 0 Å². The molecule has 0 amide bonds. The van der Waals surface area contributed by atoms with Gasteiger partial charge in [-0.05, 0) is 24.6 Å². The fraction of sp³-hybridized carbons (Fsp3) is 0.125. The summed E-state index contributed by atoms with van der Waals surface area (Å²) in [5.74, 6) is -1.41. The summed E-state index contributed by atoms with van der Waals surface area (Å²) >= 11 is 0. The summed E-state index contributed by atoms with van der Waals surface area (Å²) in [6, 6.07) is 5.80. The van der Waals surface area contributed by atoms with Crippen molar-refractivity contribution in [2.45, 2.75) is 6.92 Å². The minimum absolute atomic E-state index is 0.0143. The Morgan fingerprint density at radius 1 is 1.00 bits per heavy atom. The van der Waals surface area contributed by atoms with E-state index in [9.17, 15) is 19.8 Å². The van der Waals surface area contributed by atoms with Crippen LogP contribution in [-0.4, -0.2) is 28.9 Å². The molecule has 0 saturated heterocycles. The second-order valence-electron chi connectivity index (χ2n) is 4.86. The first-order chi connectivity index (χ1) is 9.97. The van der Waals surface area contributed by atoms with Crippen LogP contribution in [0, 0.1) is 6.92 Å². The highest BCUT2D eigenvalue weighted by Crippen LogP contribution is 2.42. The van der Waals surface area contributed by atoms with Gasteiger partial charge in [0.15, 0.2) is 17.3 Å². The van der Waals surface area contributed by atoms with Crippen LogP contribution in [0.3, 0.4) is 0 Å². The Kier molecular flexibility index (Phi) is 2.73. The van der Waals surface area contributed by atoms with Crippen molar-refractivity contribution in [2.75, 3.05) is 7.11 Å². The number of phenols is 2. The van der Waals surface area contributed by atoms with E-state index >= 15 is 0 Å². The van der Waals surface area contributed by atoms with E-state index < -0.39 is 5.78 Å². The lowest BCUT2D eigenvalue weighted by molar-refractivity contribution is 0.0973. The number of aryl methyl sites for hydroxylation is 1. The maximum Gasteiger partial charge on any atom is 0.202 e. The second kappa shape index (κ2) is 4.34. The molecule has 2 aromatic rings. The molecule has 5 heteroatoms. The van der Waals surface area contributed by atoms with Crippen LogP contribution in [0.5, 0.6) is 17.2 Å². The lowest BCUT2D eigenvalue weighted by Gasteiger charge is -2.21. The van der Waals surface area contributed by atoms with Crippen LogP contribution in [-0.2, 0) is 0 Å². The number of benzene rings is 2. The van der Waals surface area contributed by atoms with Crippen molar-refractivity contribution >= 4 is 11.6 Å². The summed E-state index contributed by atoms with van der Waals surface area (Å²) in [7, 11) is 1.31. The minimum Gasteiger partial charge on any atom is -0.507 e. The highest BCUT2D eigenvalue weighted by atomic mass is 16.5. The van der Waals surface area contributed by atoms with Crippen LogP contribution in [0.15, 0.2) is 24.3 Å². The van der Waals surface area contributed by atoms with Gasteiger partial charge in [-0.15, -0.1) is 0 Å². The third-order valence-corrected chi connectivity index (χ3v) is 3.64. The smallest absolute Gasteiger partial charge is 0.202 e. The summed E-state index contributed by atoms with van der Waals surface area (Å²) in [6.45, 7) is 1.62. The second-order valence-corrected chi connectivity index (χ2v) is 4.86. The molecule has 0 atom stereocenters. The van der Waals surface area contributed by atoms with Gasteiger partial charge in [-0.25, -0.2) is 0 Å². The number of hydrogen-bond donors (Lipinski definition) is 2. The SMILES string of the molecule is COc1c(O)c(C)cc2c1C(=O)c1c(O)cccc1C2=O. The molecular formula is C16H12O5. The van der Waals surface area contributed by atoms with Gasteiger partial charge in [0.1, 0.15) is 5.75 Å². The standard InChI is InChI=1S/C16H12O5/c1-7-6-9-12(16(21-2)13(7)18)15(20)11-8(14(9)19)4-3-5-10(11)17/h3-6,17-18H,1-2H3. The molecule has 2 N–H and O–H groups in total. The fourth-order valence-corrected chi connectivity index (χ4v) is 2.62. The van der Waals surface area contributed by atoms with E-state index in [-0.39, 0.29) is 45.3 Å². The molecule has 0 fully saturated rings. The van der Waals surface area contributed by atoms with Crippen LogP contribution < -0.4 is 4.74 Å². The Morgan fingerprint density at radius 2 is 1.71 bits per heavy atom. The zero-order chi connectivity index (χ0) is 15.3. The first-order valence-electron chi connectivity index (χ1n) is 6.29. The van der Waals surface area contributed by atoms with Gasteiger partial charge in [-0.2, -0.15) is 0 Å². The number of ketones is 2. The first-order valence-corrected chi connectivity index (χ1v) is 6.29. The van der Waals surface area contributed by atoms with E-state index in [0.717, 1.165) is 0 Å². The van der Waals surface area contributed by atoms with Gasteiger partial charge < -0.3 is 14.9 Å². The summed E-state index contributed by atoms with van der Waals surface area (Å²) in [5.41, 5.74) is 0.691. The predicted octanol–water partition coefficient (Wildman–Crippen LogP) is 2.19. The first kappa shape index (κ1) is 13.2. The number of carbonyl (C=O) groups excluding carboxylic acids is 2. The van der Waals surface area contributed by atoms with Crippen LogP contribution >= 0.6 is 0 Å². The highest BCUT2D eigenvalue weighted by molar-refractivity contribution is 6.30. The van der Waals surface area contributed by atoms with E-state index in [1.54, 1.807) is 6.92 Å². The van der Waals surface area contributed by atoms with E-state index in [4.69, 9.17) is 4.74 Å². The van der Waals surface area contributed by atoms with Crippen molar-refractivity contribution in [3.05, 3.63) is 52.1 Å². The summed E-state index contributed by atoms with van der Waals surface area (Å²) < 4.78 is 5.09. The quantitative estimate of drug-likeness (QED) is 0.715. The molecule has 1 aliphatic carbocycles. The van der Waals surface area contributed by atoms with Crippen LogP contribution in [0.2, 0.25) is 0 Å². The lowest BCUT2D eigenvalue weighted by atomic mass is 9.82. The van der Waals surface area contributed by atoms with Crippen molar-refractivity contribution < 1.29 is 24.5 Å². The van der Waals surface area contributed by atoms with Crippen molar-refractivity contribution in [3.8, 4) is 17.2 Å². The molecule has 0 aromatic heterocycles. The molecule has 21 heavy (non-hydrogen) atoms. The fourth-order valence-electron chi connectivity index (χ4n) is 2.62. The van der Waals surface area contributed by atoms with Crippen LogP contribution in [0.4, 0.5) is 0 Å². The largest absolute Gasteiger partial charge is 0.507 e. The van der Waals surface area contributed by atoms with E-state index in [2.05, 4.69) is 0 Å². The van der Waals surface area contributed by atoms with Gasteiger partial charge in [-0.1, -0.05) is 12.1 Å². The monoisotopic (exact) mass is 284 g/mol. The Morgan fingerprint density at radius 3 is 2.38 bits per heavy atom. The number of phenolic OH excluding ortho intramolecular Hbond substituents is 2. The molecule has 0 heterocycles. The Balaban J connectivity index is 2.42. The van der Waals surface area contributed by atoms with Gasteiger partial charge >= 0.3 is 0 Å². The molecule has 1 aliphatic rings. The number of rotatable bonds is 1. The molecule has 5 nitrogen and oxygen atoms in total. The molecule has 0 bridgehead atoms. The molecule has 0 unspecified atom stereocenters. The normalized spacial score (nSPS) is 12.9. The zero-order valence-corrected chi connectivity index (χ0v) is 11.4.